The predicted molar refractivity (Wildman–Crippen MR) is 104 cm³/mol. The fourth-order valence-corrected chi connectivity index (χ4v) is 3.87. The molecule has 3 aromatic rings. The average molecular weight is 427 g/mol. The smallest absolute Gasteiger partial charge is 0.387 e. The fraction of sp³-hybridized carbons (Fsp3) is 0.364. The van der Waals surface area contributed by atoms with E-state index in [1.54, 1.807) is 30.3 Å². The molecule has 0 radical (unpaired) electrons. The van der Waals surface area contributed by atoms with Crippen molar-refractivity contribution < 1.29 is 31.8 Å². The van der Waals surface area contributed by atoms with Gasteiger partial charge in [0.05, 0.1) is 0 Å². The van der Waals surface area contributed by atoms with E-state index < -0.39 is 42.7 Å². The molecule has 30 heavy (non-hydrogen) atoms. The van der Waals surface area contributed by atoms with Crippen molar-refractivity contribution in [2.24, 2.45) is 0 Å². The molecule has 1 atom stereocenters. The van der Waals surface area contributed by atoms with Crippen LogP contribution in [0.1, 0.15) is 31.5 Å². The van der Waals surface area contributed by atoms with Gasteiger partial charge in [0, 0.05) is 23.2 Å². The Morgan fingerprint density at radius 2 is 1.73 bits per heavy atom. The van der Waals surface area contributed by atoms with Crippen LogP contribution in [0.5, 0.6) is 5.75 Å². The number of alkyl halides is 4. The lowest BCUT2D eigenvalue weighted by Crippen LogP contribution is -2.45. The molecule has 8 heteroatoms. The minimum absolute atomic E-state index is 0.0291. The number of halogens is 5. The largest absolute Gasteiger partial charge is 0.435 e. The molecule has 0 saturated carbocycles. The molecule has 1 unspecified atom stereocenters. The molecule has 0 amide bonds. The van der Waals surface area contributed by atoms with Crippen molar-refractivity contribution in [2.45, 2.75) is 50.7 Å². The van der Waals surface area contributed by atoms with Crippen LogP contribution in [0.4, 0.5) is 22.0 Å². The first-order valence-electron chi connectivity index (χ1n) is 9.32. The van der Waals surface area contributed by atoms with Gasteiger partial charge in [0.25, 0.3) is 6.43 Å². The van der Waals surface area contributed by atoms with E-state index in [1.165, 1.54) is 13.8 Å². The van der Waals surface area contributed by atoms with Crippen LogP contribution in [0.2, 0.25) is 0 Å². The molecule has 1 heterocycles. The topological polar surface area (TPSA) is 45.2 Å². The van der Waals surface area contributed by atoms with Crippen molar-refractivity contribution in [3.05, 3.63) is 65.6 Å². The molecule has 0 spiro atoms. The van der Waals surface area contributed by atoms with Gasteiger partial charge in [-0.1, -0.05) is 32.0 Å². The van der Waals surface area contributed by atoms with Crippen molar-refractivity contribution in [3.63, 3.8) is 0 Å². The summed E-state index contributed by atoms with van der Waals surface area (Å²) in [6.07, 6.45) is -4.05. The summed E-state index contributed by atoms with van der Waals surface area (Å²) in [6, 6.07) is 11.8. The molecular weight excluding hydrogens is 405 g/mol. The Morgan fingerprint density at radius 1 is 1.03 bits per heavy atom. The van der Waals surface area contributed by atoms with Gasteiger partial charge in [0.2, 0.25) is 0 Å². The molecule has 3 rings (SSSR count). The Morgan fingerprint density at radius 3 is 2.37 bits per heavy atom. The Labute approximate surface area is 170 Å². The van der Waals surface area contributed by atoms with E-state index in [2.05, 4.69) is 9.72 Å². The normalized spacial score (nSPS) is 14.5. The molecule has 0 bridgehead atoms. The number of rotatable bonds is 8. The van der Waals surface area contributed by atoms with E-state index in [9.17, 15) is 27.1 Å². The molecule has 0 fully saturated rings. The number of para-hydroxylation sites is 1. The molecule has 0 aliphatic carbocycles. The zero-order valence-corrected chi connectivity index (χ0v) is 16.4. The van der Waals surface area contributed by atoms with E-state index in [-0.39, 0.29) is 11.3 Å². The number of aromatic amines is 1. The lowest BCUT2D eigenvalue weighted by Gasteiger charge is -2.36. The number of hydrogen-bond acceptors (Lipinski definition) is 2. The first-order valence-corrected chi connectivity index (χ1v) is 9.32. The third kappa shape index (κ3) is 4.75. The van der Waals surface area contributed by atoms with Crippen LogP contribution in [0.25, 0.3) is 10.9 Å². The minimum atomic E-state index is -3.16. The van der Waals surface area contributed by atoms with Crippen molar-refractivity contribution in [3.8, 4) is 5.75 Å². The number of nitrogens with one attached hydrogen (secondary N) is 1. The number of hydrogen-bond donors (Lipinski definition) is 2. The van der Waals surface area contributed by atoms with Gasteiger partial charge in [0.15, 0.2) is 0 Å². The second-order valence-electron chi connectivity index (χ2n) is 8.04. The van der Waals surface area contributed by atoms with Gasteiger partial charge in [0.1, 0.15) is 17.2 Å². The third-order valence-electron chi connectivity index (χ3n) is 5.12. The van der Waals surface area contributed by atoms with Crippen molar-refractivity contribution in [1.29, 1.82) is 0 Å². The summed E-state index contributed by atoms with van der Waals surface area (Å²) in [7, 11) is 0. The summed E-state index contributed by atoms with van der Waals surface area (Å²) in [6.45, 7) is -0.220. The highest BCUT2D eigenvalue weighted by molar-refractivity contribution is 5.80. The quantitative estimate of drug-likeness (QED) is 0.446. The highest BCUT2D eigenvalue weighted by Gasteiger charge is 2.44. The number of aromatic nitrogens is 1. The SMILES string of the molecule is CC(C)(CC(O)(Cc1cc2ccccc2[nH]1)C(F)F)c1cc(F)ccc1OC(F)F. The monoisotopic (exact) mass is 427 g/mol. The molecule has 0 aliphatic rings. The lowest BCUT2D eigenvalue weighted by molar-refractivity contribution is -0.111. The number of fused-ring (bicyclic) bond motifs is 1. The number of ether oxygens (including phenoxy) is 1. The maximum Gasteiger partial charge on any atom is 0.387 e. The Bertz CT molecular complexity index is 985. The third-order valence-corrected chi connectivity index (χ3v) is 5.12. The first kappa shape index (κ1) is 22.1. The maximum atomic E-state index is 14.0. The summed E-state index contributed by atoms with van der Waals surface area (Å²) in [5.74, 6) is -1.05. The van der Waals surface area contributed by atoms with Crippen LogP contribution in [-0.2, 0) is 11.8 Å². The lowest BCUT2D eigenvalue weighted by atomic mass is 9.73. The summed E-state index contributed by atoms with van der Waals surface area (Å²) in [5.41, 5.74) is -2.68. The van der Waals surface area contributed by atoms with Crippen molar-refractivity contribution in [1.82, 2.24) is 4.98 Å². The molecule has 162 valence electrons. The first-order chi connectivity index (χ1) is 14.0. The number of aliphatic hydroxyl groups is 1. The van der Waals surface area contributed by atoms with E-state index in [0.717, 1.165) is 29.1 Å². The van der Waals surface area contributed by atoms with Crippen LogP contribution in [0, 0.1) is 5.82 Å². The van der Waals surface area contributed by atoms with Crippen LogP contribution in [-0.4, -0.2) is 28.7 Å². The second kappa shape index (κ2) is 8.26. The molecule has 0 aliphatic heterocycles. The number of benzene rings is 2. The molecule has 1 aromatic heterocycles. The van der Waals surface area contributed by atoms with Gasteiger partial charge >= 0.3 is 6.61 Å². The van der Waals surface area contributed by atoms with Crippen LogP contribution < -0.4 is 4.74 Å². The molecule has 2 N–H and O–H groups in total. The van der Waals surface area contributed by atoms with E-state index >= 15 is 0 Å². The van der Waals surface area contributed by atoms with Gasteiger partial charge in [-0.15, -0.1) is 0 Å². The van der Waals surface area contributed by atoms with Gasteiger partial charge in [-0.05, 0) is 47.6 Å². The average Bonchev–Trinajstić information content (AvgIpc) is 3.04. The Kier molecular flexibility index (Phi) is 6.08. The standard InChI is InChI=1S/C22H22F5NO2/c1-21(2,16-10-14(23)7-8-18(16)30-20(26)27)12-22(29,19(24)25)11-15-9-13-5-3-4-6-17(13)28-15/h3-10,19-20,28-29H,11-12H2,1-2H3. The number of H-pyrrole nitrogens is 1. The van der Waals surface area contributed by atoms with Gasteiger partial charge in [-0.3, -0.25) is 0 Å². The minimum Gasteiger partial charge on any atom is -0.435 e. The van der Waals surface area contributed by atoms with Crippen LogP contribution >= 0.6 is 0 Å². The molecule has 2 aromatic carbocycles. The zero-order chi connectivity index (χ0) is 22.1. The molecule has 0 saturated heterocycles. The Hall–Kier alpha value is -2.61. The fourth-order valence-electron chi connectivity index (χ4n) is 3.87. The maximum absolute atomic E-state index is 14.0. The predicted octanol–water partition coefficient (Wildman–Crippen LogP) is 5.82. The van der Waals surface area contributed by atoms with E-state index in [4.69, 9.17) is 0 Å². The van der Waals surface area contributed by atoms with Crippen molar-refractivity contribution >= 4 is 10.9 Å². The highest BCUT2D eigenvalue weighted by atomic mass is 19.3. The highest BCUT2D eigenvalue weighted by Crippen LogP contribution is 2.41. The van der Waals surface area contributed by atoms with Crippen LogP contribution in [0.3, 0.4) is 0 Å². The molecular formula is C22H22F5NO2. The molecule has 3 nitrogen and oxygen atoms in total. The summed E-state index contributed by atoms with van der Waals surface area (Å²) in [4.78, 5) is 3.00. The van der Waals surface area contributed by atoms with Gasteiger partial charge in [-0.25, -0.2) is 13.2 Å². The van der Waals surface area contributed by atoms with E-state index in [1.807, 2.05) is 0 Å². The van der Waals surface area contributed by atoms with Gasteiger partial charge in [-0.2, -0.15) is 8.78 Å². The van der Waals surface area contributed by atoms with Gasteiger partial charge < -0.3 is 14.8 Å². The second-order valence-corrected chi connectivity index (χ2v) is 8.04. The summed E-state index contributed by atoms with van der Waals surface area (Å²) >= 11 is 0. The van der Waals surface area contributed by atoms with E-state index in [0.29, 0.717) is 5.69 Å². The Balaban J connectivity index is 1.94. The van der Waals surface area contributed by atoms with Crippen LogP contribution in [0.15, 0.2) is 48.5 Å². The van der Waals surface area contributed by atoms with Crippen molar-refractivity contribution in [2.75, 3.05) is 0 Å². The summed E-state index contributed by atoms with van der Waals surface area (Å²) < 4.78 is 71.7. The summed E-state index contributed by atoms with van der Waals surface area (Å²) in [5, 5.41) is 11.7. The zero-order valence-electron chi connectivity index (χ0n) is 16.4.